The molecule has 0 radical (unpaired) electrons. The molecule has 2 heterocycles. The van der Waals surface area contributed by atoms with Crippen molar-refractivity contribution in [3.63, 3.8) is 0 Å². The lowest BCUT2D eigenvalue weighted by molar-refractivity contribution is -0.144. The molecule has 28 heavy (non-hydrogen) atoms. The summed E-state index contributed by atoms with van der Waals surface area (Å²) in [6, 6.07) is 2.58. The molecule has 2 aromatic rings. The summed E-state index contributed by atoms with van der Waals surface area (Å²) in [5, 5.41) is 5.97. The molecule has 5 nitrogen and oxygen atoms in total. The van der Waals surface area contributed by atoms with Crippen LogP contribution in [-0.2, 0) is 18.0 Å². The second-order valence-electron chi connectivity index (χ2n) is 6.49. The highest BCUT2D eigenvalue weighted by molar-refractivity contribution is 7.80. The maximum Gasteiger partial charge on any atom is 0.433 e. The Morgan fingerprint density at radius 1 is 1.29 bits per heavy atom. The van der Waals surface area contributed by atoms with Crippen molar-refractivity contribution in [1.82, 2.24) is 14.7 Å². The minimum absolute atomic E-state index is 0.0671. The molecule has 0 spiro atoms. The topological polar surface area (TPSA) is 50.2 Å². The van der Waals surface area contributed by atoms with Gasteiger partial charge in [-0.1, -0.05) is 12.2 Å². The van der Waals surface area contributed by atoms with E-state index in [1.165, 1.54) is 4.90 Å². The quantitative estimate of drug-likeness (QED) is 0.614. The van der Waals surface area contributed by atoms with Crippen molar-refractivity contribution in [1.29, 1.82) is 0 Å². The first-order valence-corrected chi connectivity index (χ1v) is 8.51. The van der Waals surface area contributed by atoms with Crippen LogP contribution in [0.1, 0.15) is 17.2 Å². The summed E-state index contributed by atoms with van der Waals surface area (Å²) in [6.45, 7) is 0.0671. The minimum Gasteiger partial charge on any atom is -0.368 e. The van der Waals surface area contributed by atoms with Gasteiger partial charge in [0.05, 0.1) is 22.8 Å². The van der Waals surface area contributed by atoms with Crippen LogP contribution in [0.2, 0.25) is 0 Å². The SMILES string of the molecule is CN1C[C@H](c2cnn(C)c2C(F)(F)F)[C@@H](C(=O)Nc2ccc(F)cc2F)C1=S. The lowest BCUT2D eigenvalue weighted by atomic mass is 9.88. The largest absolute Gasteiger partial charge is 0.433 e. The number of aryl methyl sites for hydroxylation is 1. The van der Waals surface area contributed by atoms with E-state index in [0.29, 0.717) is 10.7 Å². The van der Waals surface area contributed by atoms with E-state index in [0.717, 1.165) is 25.4 Å². The Morgan fingerprint density at radius 2 is 1.96 bits per heavy atom. The number of alkyl halides is 3. The summed E-state index contributed by atoms with van der Waals surface area (Å²) in [7, 11) is 2.72. The van der Waals surface area contributed by atoms with Gasteiger partial charge < -0.3 is 10.2 Å². The van der Waals surface area contributed by atoms with E-state index in [4.69, 9.17) is 12.2 Å². The number of likely N-dealkylation sites (tertiary alicyclic amines) is 1. The third kappa shape index (κ3) is 3.58. The van der Waals surface area contributed by atoms with Gasteiger partial charge in [-0.2, -0.15) is 18.3 Å². The van der Waals surface area contributed by atoms with Crippen LogP contribution in [0.3, 0.4) is 0 Å². The Bertz CT molecular complexity index is 942. The molecule has 1 aromatic heterocycles. The molecule has 1 amide bonds. The Hall–Kier alpha value is -2.56. The average molecular weight is 418 g/mol. The number of carbonyl (C=O) groups is 1. The number of halogens is 5. The zero-order valence-electron chi connectivity index (χ0n) is 14.7. The van der Waals surface area contributed by atoms with E-state index in [9.17, 15) is 26.7 Å². The number of aromatic nitrogens is 2. The van der Waals surface area contributed by atoms with Crippen LogP contribution in [0, 0.1) is 17.6 Å². The van der Waals surface area contributed by atoms with Gasteiger partial charge in [0.1, 0.15) is 17.3 Å². The zero-order chi connectivity index (χ0) is 20.8. The van der Waals surface area contributed by atoms with Gasteiger partial charge in [0, 0.05) is 38.2 Å². The second-order valence-corrected chi connectivity index (χ2v) is 6.90. The van der Waals surface area contributed by atoms with Gasteiger partial charge in [-0.05, 0) is 12.1 Å². The third-order valence-electron chi connectivity index (χ3n) is 4.62. The lowest BCUT2D eigenvalue weighted by Crippen LogP contribution is -2.32. The Labute approximate surface area is 162 Å². The van der Waals surface area contributed by atoms with Crippen LogP contribution >= 0.6 is 12.2 Å². The number of likely N-dealkylation sites (N-methyl/N-ethyl adjacent to an activating group) is 1. The summed E-state index contributed by atoms with van der Waals surface area (Å²) in [4.78, 5) is 14.4. The highest BCUT2D eigenvalue weighted by Crippen LogP contribution is 2.41. The fraction of sp³-hybridized carbons (Fsp3) is 0.353. The monoisotopic (exact) mass is 418 g/mol. The van der Waals surface area contributed by atoms with Gasteiger partial charge >= 0.3 is 6.18 Å². The average Bonchev–Trinajstić information content (AvgIpc) is 3.10. The molecule has 2 atom stereocenters. The van der Waals surface area contributed by atoms with Gasteiger partial charge in [0.15, 0.2) is 0 Å². The molecule has 0 saturated carbocycles. The number of anilines is 1. The molecule has 11 heteroatoms. The number of benzene rings is 1. The fourth-order valence-corrected chi connectivity index (χ4v) is 3.69. The zero-order valence-corrected chi connectivity index (χ0v) is 15.5. The molecule has 3 rings (SSSR count). The Kier molecular flexibility index (Phi) is 5.13. The summed E-state index contributed by atoms with van der Waals surface area (Å²) in [5.41, 5.74) is -1.42. The molecule has 0 bridgehead atoms. The maximum absolute atomic E-state index is 13.9. The number of nitrogens with zero attached hydrogens (tertiary/aromatic N) is 3. The first-order valence-electron chi connectivity index (χ1n) is 8.10. The van der Waals surface area contributed by atoms with Crippen molar-refractivity contribution >= 4 is 28.8 Å². The summed E-state index contributed by atoms with van der Waals surface area (Å²) in [6.07, 6.45) is -3.61. The van der Waals surface area contributed by atoms with Gasteiger partial charge in [-0.25, -0.2) is 8.78 Å². The van der Waals surface area contributed by atoms with Gasteiger partial charge in [0.2, 0.25) is 5.91 Å². The summed E-state index contributed by atoms with van der Waals surface area (Å²) in [5.74, 6) is -4.67. The molecular formula is C17H15F5N4OS. The Balaban J connectivity index is 1.97. The highest BCUT2D eigenvalue weighted by Gasteiger charge is 2.47. The van der Waals surface area contributed by atoms with Crippen molar-refractivity contribution in [3.05, 3.63) is 47.3 Å². The molecule has 1 saturated heterocycles. The summed E-state index contributed by atoms with van der Waals surface area (Å²) < 4.78 is 68.0. The third-order valence-corrected chi connectivity index (χ3v) is 5.19. The van der Waals surface area contributed by atoms with Crippen molar-refractivity contribution < 1.29 is 26.7 Å². The van der Waals surface area contributed by atoms with E-state index in [1.807, 2.05) is 0 Å². The van der Waals surface area contributed by atoms with E-state index >= 15 is 0 Å². The van der Waals surface area contributed by atoms with Crippen LogP contribution in [0.15, 0.2) is 24.4 Å². The van der Waals surface area contributed by atoms with Crippen molar-refractivity contribution in [3.8, 4) is 0 Å². The number of thiocarbonyl (C=S) groups is 1. The molecule has 1 fully saturated rings. The van der Waals surface area contributed by atoms with Gasteiger partial charge in [-0.15, -0.1) is 0 Å². The smallest absolute Gasteiger partial charge is 0.368 e. The van der Waals surface area contributed by atoms with Gasteiger partial charge in [0.25, 0.3) is 0 Å². The number of hydrogen-bond donors (Lipinski definition) is 1. The number of carbonyl (C=O) groups excluding carboxylic acids is 1. The maximum atomic E-state index is 13.9. The van der Waals surface area contributed by atoms with Crippen LogP contribution < -0.4 is 5.32 Å². The number of hydrogen-bond acceptors (Lipinski definition) is 3. The van der Waals surface area contributed by atoms with Gasteiger partial charge in [-0.3, -0.25) is 9.48 Å². The van der Waals surface area contributed by atoms with E-state index in [-0.39, 0.29) is 22.8 Å². The summed E-state index contributed by atoms with van der Waals surface area (Å²) >= 11 is 5.23. The fourth-order valence-electron chi connectivity index (χ4n) is 3.35. The first-order chi connectivity index (χ1) is 13.0. The normalized spacial score (nSPS) is 20.0. The molecule has 150 valence electrons. The Morgan fingerprint density at radius 3 is 2.57 bits per heavy atom. The first kappa shape index (κ1) is 20.2. The second kappa shape index (κ2) is 7.12. The number of nitrogens with one attached hydrogen (secondary N) is 1. The van der Waals surface area contributed by atoms with Crippen molar-refractivity contribution in [2.75, 3.05) is 18.9 Å². The van der Waals surface area contributed by atoms with Crippen LogP contribution in [0.5, 0.6) is 0 Å². The lowest BCUT2D eigenvalue weighted by Gasteiger charge is -2.19. The number of amides is 1. The van der Waals surface area contributed by atoms with E-state index < -0.39 is 41.2 Å². The molecule has 1 N–H and O–H groups in total. The highest BCUT2D eigenvalue weighted by atomic mass is 32.1. The van der Waals surface area contributed by atoms with Crippen LogP contribution in [-0.4, -0.2) is 39.2 Å². The van der Waals surface area contributed by atoms with Crippen molar-refractivity contribution in [2.24, 2.45) is 13.0 Å². The predicted octanol–water partition coefficient (Wildman–Crippen LogP) is 3.33. The molecule has 1 aliphatic heterocycles. The molecule has 0 unspecified atom stereocenters. The van der Waals surface area contributed by atoms with E-state index in [2.05, 4.69) is 10.4 Å². The van der Waals surface area contributed by atoms with Crippen LogP contribution in [0.25, 0.3) is 0 Å². The minimum atomic E-state index is -4.67. The van der Waals surface area contributed by atoms with Crippen molar-refractivity contribution in [2.45, 2.75) is 12.1 Å². The molecule has 1 aliphatic rings. The standard InChI is InChI=1S/C17H15F5N4OS/c1-25-7-10(9-6-23-26(2)14(9)17(20,21)22)13(16(25)28)15(27)24-12-4-3-8(18)5-11(12)19/h3-6,10,13H,7H2,1-2H3,(H,24,27)/t10-,13+/m1/s1. The predicted molar refractivity (Wildman–Crippen MR) is 94.7 cm³/mol. The van der Waals surface area contributed by atoms with Crippen LogP contribution in [0.4, 0.5) is 27.6 Å². The van der Waals surface area contributed by atoms with E-state index in [1.54, 1.807) is 7.05 Å². The molecule has 0 aliphatic carbocycles. The number of rotatable bonds is 3. The molecule has 1 aromatic carbocycles. The molecular weight excluding hydrogens is 403 g/mol.